The molecule has 0 heterocycles. The van der Waals surface area contributed by atoms with Crippen LogP contribution in [0.2, 0.25) is 0 Å². The summed E-state index contributed by atoms with van der Waals surface area (Å²) in [5, 5.41) is 2.85. The van der Waals surface area contributed by atoms with Crippen molar-refractivity contribution in [3.05, 3.63) is 23.8 Å². The molecule has 1 unspecified atom stereocenters. The molecular formula is C22H34ClNO8. The predicted molar refractivity (Wildman–Crippen MR) is 108 cm³/mol. The molecule has 0 aliphatic rings. The average molecular weight is 476 g/mol. The van der Waals surface area contributed by atoms with Crippen LogP contribution in [0.25, 0.3) is 0 Å². The van der Waals surface area contributed by atoms with Gasteiger partial charge in [-0.25, -0.2) is 0 Å². The van der Waals surface area contributed by atoms with E-state index in [1.165, 1.54) is 18.2 Å². The number of ether oxygens (including phenoxy) is 2. The van der Waals surface area contributed by atoms with Crippen LogP contribution in [0.1, 0.15) is 72.5 Å². The molecule has 0 fully saturated rings. The van der Waals surface area contributed by atoms with E-state index in [1.807, 2.05) is 41.5 Å². The van der Waals surface area contributed by atoms with Crippen LogP contribution in [0.3, 0.4) is 0 Å². The van der Waals surface area contributed by atoms with Gasteiger partial charge in [0.25, 0.3) is 0 Å². The topological polar surface area (TPSA) is 143 Å². The molecule has 0 amide bonds. The fourth-order valence-electron chi connectivity index (χ4n) is 2.74. The Morgan fingerprint density at radius 2 is 1.44 bits per heavy atom. The van der Waals surface area contributed by atoms with Gasteiger partial charge in [-0.15, -0.1) is 0 Å². The number of hydrogen-bond donors (Lipinski definition) is 1. The number of nitrogens with one attached hydrogen (secondary N) is 1. The van der Waals surface area contributed by atoms with E-state index in [4.69, 9.17) is 9.47 Å². The minimum absolute atomic E-state index is 0.0140. The van der Waals surface area contributed by atoms with Crippen molar-refractivity contribution in [2.24, 2.45) is 10.8 Å². The quantitative estimate of drug-likeness (QED) is 0.386. The van der Waals surface area contributed by atoms with Gasteiger partial charge in [-0.1, -0.05) is 47.6 Å². The molecule has 10 heteroatoms. The second kappa shape index (κ2) is 11.4. The molecule has 1 aromatic rings. The highest BCUT2D eigenvalue weighted by Gasteiger charge is 2.31. The monoisotopic (exact) mass is 475 g/mol. The van der Waals surface area contributed by atoms with Crippen molar-refractivity contribution < 1.29 is 47.6 Å². The molecule has 0 saturated heterocycles. The lowest BCUT2D eigenvalue weighted by molar-refractivity contribution is -1.92. The third-order valence-corrected chi connectivity index (χ3v) is 4.44. The maximum atomic E-state index is 12.4. The Balaban J connectivity index is 3.28. The number of esters is 2. The van der Waals surface area contributed by atoms with Crippen LogP contribution in [-0.4, -0.2) is 25.5 Å². The first-order valence-corrected chi connectivity index (χ1v) is 11.5. The Morgan fingerprint density at radius 1 is 0.938 bits per heavy atom. The van der Waals surface area contributed by atoms with E-state index < -0.39 is 28.3 Å². The highest BCUT2D eigenvalue weighted by atomic mass is 35.7. The molecule has 0 bridgehead atoms. The van der Waals surface area contributed by atoms with Crippen molar-refractivity contribution in [1.29, 1.82) is 0 Å². The van der Waals surface area contributed by atoms with Gasteiger partial charge >= 0.3 is 11.9 Å². The summed E-state index contributed by atoms with van der Waals surface area (Å²) in [4.78, 5) is 24.8. The molecule has 0 aromatic heterocycles. The van der Waals surface area contributed by atoms with Gasteiger partial charge in [0.15, 0.2) is 11.5 Å². The van der Waals surface area contributed by atoms with Crippen molar-refractivity contribution >= 4 is 11.9 Å². The van der Waals surface area contributed by atoms with E-state index in [0.29, 0.717) is 6.54 Å². The molecule has 0 aliphatic carbocycles. The highest BCUT2D eigenvalue weighted by Crippen LogP contribution is 2.35. The SMILES string of the molecule is CNCCC(O[Cl+3]([O-])([O-])[O-])c1ccc(OC(=O)CC(C)(C)C)c(OC(=O)CC(C)(C)C)c1. The molecule has 1 N–H and O–H groups in total. The molecule has 32 heavy (non-hydrogen) atoms. The minimum atomic E-state index is -4.69. The fraction of sp³-hybridized carbons (Fsp3) is 0.636. The summed E-state index contributed by atoms with van der Waals surface area (Å²) >= 11 is 0. The van der Waals surface area contributed by atoms with Crippen molar-refractivity contribution in [2.75, 3.05) is 13.6 Å². The van der Waals surface area contributed by atoms with Crippen LogP contribution in [-0.2, 0) is 13.9 Å². The molecule has 9 nitrogen and oxygen atoms in total. The van der Waals surface area contributed by atoms with Crippen molar-refractivity contribution in [3.63, 3.8) is 0 Å². The Hall–Kier alpha value is -1.75. The maximum Gasteiger partial charge on any atom is 0.311 e. The van der Waals surface area contributed by atoms with Crippen molar-refractivity contribution in [2.45, 2.75) is 66.9 Å². The van der Waals surface area contributed by atoms with E-state index in [9.17, 15) is 23.6 Å². The lowest BCUT2D eigenvalue weighted by Crippen LogP contribution is -2.61. The standard InChI is InChI=1S/C22H34ClNO8/c1-21(2,3)13-19(25)30-17-9-8-15(16(10-11-24-7)32-23(27,28)29)12-18(17)31-20(26)14-22(4,5)6/h8-9,12,16,24H,10-11,13-14H2,1-7H3. The van der Waals surface area contributed by atoms with E-state index in [2.05, 4.69) is 9.61 Å². The Kier molecular flexibility index (Phi) is 10.1. The predicted octanol–water partition coefficient (Wildman–Crippen LogP) is 0.934. The zero-order chi connectivity index (χ0) is 24.7. The Bertz CT molecular complexity index is 778. The van der Waals surface area contributed by atoms with E-state index in [1.54, 1.807) is 7.05 Å². The van der Waals surface area contributed by atoms with E-state index in [0.717, 1.165) is 0 Å². The molecule has 0 spiro atoms. The number of hydrogen-bond acceptors (Lipinski definition) is 9. The van der Waals surface area contributed by atoms with Crippen molar-refractivity contribution in [3.8, 4) is 11.5 Å². The van der Waals surface area contributed by atoms with Crippen LogP contribution in [0.5, 0.6) is 11.5 Å². The third-order valence-electron chi connectivity index (χ3n) is 4.01. The summed E-state index contributed by atoms with van der Waals surface area (Å²) in [6.07, 6.45) is -0.736. The van der Waals surface area contributed by atoms with Gasteiger partial charge in [0.2, 0.25) is 6.10 Å². The molecule has 1 rings (SSSR count). The molecule has 0 aliphatic heterocycles. The molecule has 0 radical (unpaired) electrons. The summed E-state index contributed by atoms with van der Waals surface area (Å²) < 4.78 is 49.0. The van der Waals surface area contributed by atoms with Crippen LogP contribution < -0.4 is 28.8 Å². The number of benzene rings is 1. The number of carbonyl (C=O) groups is 2. The van der Waals surface area contributed by atoms with Gasteiger partial charge in [0, 0.05) is 12.0 Å². The number of halogens is 1. The first-order chi connectivity index (χ1) is 14.5. The van der Waals surface area contributed by atoms with Gasteiger partial charge in [-0.05, 0) is 36.6 Å². The molecule has 1 aromatic carbocycles. The minimum Gasteiger partial charge on any atom is -0.423 e. The summed E-state index contributed by atoms with van der Waals surface area (Å²) in [7, 11) is -3.02. The first kappa shape index (κ1) is 28.3. The lowest BCUT2D eigenvalue weighted by atomic mass is 9.92. The number of rotatable bonds is 10. The normalized spacial score (nSPS) is 13.6. The summed E-state index contributed by atoms with van der Waals surface area (Å²) in [5.41, 5.74) is -0.374. The van der Waals surface area contributed by atoms with E-state index in [-0.39, 0.29) is 47.2 Å². The maximum absolute atomic E-state index is 12.4. The largest absolute Gasteiger partial charge is 0.423 e. The number of carbonyl (C=O) groups excluding carboxylic acids is 2. The summed E-state index contributed by atoms with van der Waals surface area (Å²) in [6.45, 7) is 11.6. The van der Waals surface area contributed by atoms with Crippen LogP contribution in [0, 0.1) is 21.1 Å². The third kappa shape index (κ3) is 11.8. The fourth-order valence-corrected chi connectivity index (χ4v) is 3.20. The summed E-state index contributed by atoms with van der Waals surface area (Å²) in [6, 6.07) is 4.20. The van der Waals surface area contributed by atoms with Crippen LogP contribution >= 0.6 is 0 Å². The van der Waals surface area contributed by atoms with Gasteiger partial charge < -0.3 is 14.8 Å². The zero-order valence-electron chi connectivity index (χ0n) is 19.8. The van der Waals surface area contributed by atoms with Gasteiger partial charge in [-0.3, -0.25) is 9.59 Å². The molecular weight excluding hydrogens is 442 g/mol. The van der Waals surface area contributed by atoms with Gasteiger partial charge in [0.1, 0.15) is 0 Å². The second-order valence-electron chi connectivity index (χ2n) is 9.98. The molecule has 0 saturated carbocycles. The lowest BCUT2D eigenvalue weighted by Gasteiger charge is -2.21. The molecule has 182 valence electrons. The average Bonchev–Trinajstić information content (AvgIpc) is 2.55. The zero-order valence-corrected chi connectivity index (χ0v) is 20.5. The first-order valence-electron chi connectivity index (χ1n) is 10.3. The highest BCUT2D eigenvalue weighted by molar-refractivity contribution is 5.77. The second-order valence-corrected chi connectivity index (χ2v) is 10.9. The van der Waals surface area contributed by atoms with Crippen LogP contribution in [0.4, 0.5) is 0 Å². The van der Waals surface area contributed by atoms with Crippen LogP contribution in [0.15, 0.2) is 18.2 Å². The van der Waals surface area contributed by atoms with Gasteiger partial charge in [0.05, 0.1) is 27.4 Å². The smallest absolute Gasteiger partial charge is 0.311 e. The van der Waals surface area contributed by atoms with Gasteiger partial charge in [-0.2, -0.15) is 14.0 Å². The molecule has 1 atom stereocenters. The Labute approximate surface area is 191 Å². The van der Waals surface area contributed by atoms with E-state index >= 15 is 0 Å². The Morgan fingerprint density at radius 3 is 1.88 bits per heavy atom. The summed E-state index contributed by atoms with van der Waals surface area (Å²) in [5.74, 6) is -1.11. The van der Waals surface area contributed by atoms with Crippen molar-refractivity contribution in [1.82, 2.24) is 5.32 Å².